The molecule has 1 aromatic carbocycles. The topological polar surface area (TPSA) is 53.5 Å². The van der Waals surface area contributed by atoms with Crippen LogP contribution in [0, 0.1) is 0 Å². The van der Waals surface area contributed by atoms with Crippen LogP contribution in [-0.4, -0.2) is 30.0 Å². The van der Waals surface area contributed by atoms with Crippen LogP contribution in [0.5, 0.6) is 17.2 Å². The van der Waals surface area contributed by atoms with E-state index < -0.39 is 0 Å². The molecule has 5 nitrogen and oxygen atoms in total. The average molecular weight is 329 g/mol. The van der Waals surface area contributed by atoms with Crippen molar-refractivity contribution in [1.82, 2.24) is 10.2 Å². The largest absolute Gasteiger partial charge is 0.490 e. The fourth-order valence-electron chi connectivity index (χ4n) is 1.83. The van der Waals surface area contributed by atoms with Gasteiger partial charge in [0.2, 0.25) is 10.2 Å². The molecule has 0 radical (unpaired) electrons. The zero-order chi connectivity index (χ0) is 15.2. The molecule has 0 unspecified atom stereocenters. The van der Waals surface area contributed by atoms with Crippen LogP contribution in [0.2, 0.25) is 4.47 Å². The molecular weight excluding hydrogens is 312 g/mol. The molecule has 0 aliphatic heterocycles. The molecule has 7 heteroatoms. The van der Waals surface area contributed by atoms with Crippen molar-refractivity contribution in [2.24, 2.45) is 0 Å². The van der Waals surface area contributed by atoms with Crippen LogP contribution in [0.1, 0.15) is 20.8 Å². The van der Waals surface area contributed by atoms with Crippen molar-refractivity contribution in [3.63, 3.8) is 0 Å². The number of ether oxygens (including phenoxy) is 3. The Morgan fingerprint density at radius 3 is 1.95 bits per heavy atom. The molecule has 0 aliphatic carbocycles. The lowest BCUT2D eigenvalue weighted by Gasteiger charge is -2.16. The number of benzene rings is 1. The second-order valence-corrected chi connectivity index (χ2v) is 5.52. The van der Waals surface area contributed by atoms with Gasteiger partial charge in [-0.2, -0.15) is 0 Å². The third kappa shape index (κ3) is 3.77. The van der Waals surface area contributed by atoms with Crippen molar-refractivity contribution < 1.29 is 14.2 Å². The Balaban J connectivity index is 2.51. The summed E-state index contributed by atoms with van der Waals surface area (Å²) < 4.78 is 17.4. The minimum Gasteiger partial charge on any atom is -0.490 e. The Bertz CT molecular complexity index is 577. The van der Waals surface area contributed by atoms with E-state index in [0.29, 0.717) is 46.5 Å². The number of hydrogen-bond acceptors (Lipinski definition) is 6. The van der Waals surface area contributed by atoms with Gasteiger partial charge in [-0.25, -0.2) is 0 Å². The lowest BCUT2D eigenvalue weighted by molar-refractivity contribution is 0.261. The minimum atomic E-state index is 0.398. The Labute approximate surface area is 132 Å². The predicted octanol–water partition coefficient (Wildman–Crippen LogP) is 4.05. The average Bonchev–Trinajstić information content (AvgIpc) is 2.89. The highest BCUT2D eigenvalue weighted by Gasteiger charge is 2.17. The van der Waals surface area contributed by atoms with Crippen LogP contribution < -0.4 is 14.2 Å². The molecule has 1 heterocycles. The summed E-state index contributed by atoms with van der Waals surface area (Å²) in [5.74, 6) is 1.87. The van der Waals surface area contributed by atoms with E-state index in [-0.39, 0.29) is 0 Å². The maximum Gasteiger partial charge on any atom is 0.207 e. The molecule has 114 valence electrons. The zero-order valence-corrected chi connectivity index (χ0v) is 13.8. The highest BCUT2D eigenvalue weighted by atomic mass is 35.5. The quantitative estimate of drug-likeness (QED) is 0.767. The van der Waals surface area contributed by atoms with Gasteiger partial charge in [0.05, 0.1) is 19.8 Å². The van der Waals surface area contributed by atoms with Crippen LogP contribution >= 0.6 is 22.9 Å². The van der Waals surface area contributed by atoms with E-state index in [0.717, 1.165) is 5.56 Å². The van der Waals surface area contributed by atoms with E-state index >= 15 is 0 Å². The van der Waals surface area contributed by atoms with Crippen molar-refractivity contribution >= 4 is 22.9 Å². The normalized spacial score (nSPS) is 10.5. The summed E-state index contributed by atoms with van der Waals surface area (Å²) in [7, 11) is 0. The van der Waals surface area contributed by atoms with Crippen LogP contribution in [0.3, 0.4) is 0 Å². The van der Waals surface area contributed by atoms with Gasteiger partial charge in [-0.3, -0.25) is 0 Å². The maximum absolute atomic E-state index is 5.85. The van der Waals surface area contributed by atoms with E-state index in [1.165, 1.54) is 11.3 Å². The molecule has 0 atom stereocenters. The molecule has 0 aliphatic rings. The van der Waals surface area contributed by atoms with Crippen molar-refractivity contribution in [2.75, 3.05) is 19.8 Å². The maximum atomic E-state index is 5.85. The highest BCUT2D eigenvalue weighted by molar-refractivity contribution is 7.18. The molecule has 0 spiro atoms. The number of halogens is 1. The lowest BCUT2D eigenvalue weighted by Crippen LogP contribution is -2.02. The van der Waals surface area contributed by atoms with E-state index in [4.69, 9.17) is 25.8 Å². The summed E-state index contributed by atoms with van der Waals surface area (Å²) in [5.41, 5.74) is 0.842. The third-order valence-electron chi connectivity index (χ3n) is 2.56. The standard InChI is InChI=1S/C14H17ClN2O3S/c1-4-18-10-7-9(13-16-17-14(15)21-13)8-11(19-5-2)12(10)20-6-3/h7-8H,4-6H2,1-3H3. The van der Waals surface area contributed by atoms with E-state index in [2.05, 4.69) is 10.2 Å². The summed E-state index contributed by atoms with van der Waals surface area (Å²) in [6, 6.07) is 3.74. The second-order valence-electron chi connectivity index (χ2n) is 3.96. The first kappa shape index (κ1) is 15.9. The Morgan fingerprint density at radius 1 is 0.952 bits per heavy atom. The molecule has 2 aromatic rings. The first-order valence-electron chi connectivity index (χ1n) is 6.75. The summed E-state index contributed by atoms with van der Waals surface area (Å²) >= 11 is 7.16. The Morgan fingerprint density at radius 2 is 1.52 bits per heavy atom. The number of nitrogens with zero attached hydrogens (tertiary/aromatic N) is 2. The summed E-state index contributed by atoms with van der Waals surface area (Å²) in [5, 5.41) is 8.59. The first-order valence-corrected chi connectivity index (χ1v) is 7.94. The molecular formula is C14H17ClN2O3S. The first-order chi connectivity index (χ1) is 10.2. The number of aromatic nitrogens is 2. The van der Waals surface area contributed by atoms with Crippen molar-refractivity contribution in [1.29, 1.82) is 0 Å². The molecule has 2 rings (SSSR count). The Hall–Kier alpha value is -1.53. The van der Waals surface area contributed by atoms with Crippen molar-refractivity contribution in [2.45, 2.75) is 20.8 Å². The molecule has 1 aromatic heterocycles. The van der Waals surface area contributed by atoms with Gasteiger partial charge < -0.3 is 14.2 Å². The smallest absolute Gasteiger partial charge is 0.207 e. The van der Waals surface area contributed by atoms with Crippen molar-refractivity contribution in [3.8, 4) is 27.8 Å². The monoisotopic (exact) mass is 328 g/mol. The third-order valence-corrected chi connectivity index (χ3v) is 3.62. The van der Waals surface area contributed by atoms with Crippen LogP contribution in [0.15, 0.2) is 12.1 Å². The van der Waals surface area contributed by atoms with Gasteiger partial charge in [0.1, 0.15) is 5.01 Å². The van der Waals surface area contributed by atoms with Gasteiger partial charge in [-0.05, 0) is 44.5 Å². The molecule has 0 amide bonds. The van der Waals surface area contributed by atoms with Gasteiger partial charge in [-0.1, -0.05) is 11.3 Å². The SMILES string of the molecule is CCOc1cc(-c2nnc(Cl)s2)cc(OCC)c1OCC. The number of rotatable bonds is 7. The minimum absolute atomic E-state index is 0.398. The van der Waals surface area contributed by atoms with Crippen LogP contribution in [0.25, 0.3) is 10.6 Å². The predicted molar refractivity (Wildman–Crippen MR) is 83.9 cm³/mol. The fraction of sp³-hybridized carbons (Fsp3) is 0.429. The Kier molecular flexibility index (Phi) is 5.64. The van der Waals surface area contributed by atoms with Gasteiger partial charge in [-0.15, -0.1) is 10.2 Å². The second kappa shape index (κ2) is 7.47. The number of hydrogen-bond donors (Lipinski definition) is 0. The summed E-state index contributed by atoms with van der Waals surface area (Å²) in [6.07, 6.45) is 0. The highest BCUT2D eigenvalue weighted by Crippen LogP contribution is 2.42. The van der Waals surface area contributed by atoms with Crippen molar-refractivity contribution in [3.05, 3.63) is 16.6 Å². The van der Waals surface area contributed by atoms with Crippen LogP contribution in [-0.2, 0) is 0 Å². The molecule has 0 saturated carbocycles. The van der Waals surface area contributed by atoms with Crippen LogP contribution in [0.4, 0.5) is 0 Å². The lowest BCUT2D eigenvalue weighted by atomic mass is 10.2. The molecule has 0 N–H and O–H groups in total. The van der Waals surface area contributed by atoms with Gasteiger partial charge in [0.15, 0.2) is 11.5 Å². The summed E-state index contributed by atoms with van der Waals surface area (Å²) in [6.45, 7) is 7.36. The summed E-state index contributed by atoms with van der Waals surface area (Å²) in [4.78, 5) is 0. The molecule has 0 saturated heterocycles. The van der Waals surface area contributed by atoms with Gasteiger partial charge in [0.25, 0.3) is 0 Å². The van der Waals surface area contributed by atoms with E-state index in [9.17, 15) is 0 Å². The van der Waals surface area contributed by atoms with Gasteiger partial charge in [0, 0.05) is 5.56 Å². The molecule has 0 bridgehead atoms. The van der Waals surface area contributed by atoms with Gasteiger partial charge >= 0.3 is 0 Å². The van der Waals surface area contributed by atoms with E-state index in [1.807, 2.05) is 32.9 Å². The molecule has 21 heavy (non-hydrogen) atoms. The van der Waals surface area contributed by atoms with E-state index in [1.54, 1.807) is 0 Å². The molecule has 0 fully saturated rings. The zero-order valence-electron chi connectivity index (χ0n) is 12.2. The fourth-order valence-corrected chi connectivity index (χ4v) is 2.65.